The van der Waals surface area contributed by atoms with E-state index in [2.05, 4.69) is 31.3 Å². The zero-order chi connectivity index (χ0) is 15.9. The summed E-state index contributed by atoms with van der Waals surface area (Å²) in [5.74, 6) is 0.0862. The number of rotatable bonds is 6. The van der Waals surface area contributed by atoms with Crippen LogP contribution in [0, 0.1) is 13.8 Å². The van der Waals surface area contributed by atoms with Crippen molar-refractivity contribution in [2.24, 2.45) is 0 Å². The lowest BCUT2D eigenvalue weighted by molar-refractivity contribution is -0.120. The van der Waals surface area contributed by atoms with Crippen LogP contribution in [0.5, 0.6) is 0 Å². The zero-order valence-corrected chi connectivity index (χ0v) is 13.9. The molecular formula is C19H22ClNO. The van der Waals surface area contributed by atoms with Gasteiger partial charge in [0.1, 0.15) is 0 Å². The molecule has 2 nitrogen and oxygen atoms in total. The topological polar surface area (TPSA) is 29.1 Å². The highest BCUT2D eigenvalue weighted by Gasteiger charge is 2.05. The van der Waals surface area contributed by atoms with E-state index < -0.39 is 0 Å². The first kappa shape index (κ1) is 16.6. The second kappa shape index (κ2) is 8.00. The molecule has 0 aromatic heterocycles. The van der Waals surface area contributed by atoms with Crippen molar-refractivity contribution in [1.82, 2.24) is 5.32 Å². The highest BCUT2D eigenvalue weighted by molar-refractivity contribution is 6.30. The van der Waals surface area contributed by atoms with Gasteiger partial charge in [-0.15, -0.1) is 0 Å². The van der Waals surface area contributed by atoms with Crippen molar-refractivity contribution in [2.45, 2.75) is 33.1 Å². The summed E-state index contributed by atoms with van der Waals surface area (Å²) >= 11 is 5.86. The van der Waals surface area contributed by atoms with Crippen LogP contribution in [0.4, 0.5) is 0 Å². The third-order valence-electron chi connectivity index (χ3n) is 3.73. The normalized spacial score (nSPS) is 10.5. The Morgan fingerprint density at radius 2 is 1.82 bits per heavy atom. The lowest BCUT2D eigenvalue weighted by Gasteiger charge is -2.08. The number of benzene rings is 2. The van der Waals surface area contributed by atoms with Crippen molar-refractivity contribution >= 4 is 17.5 Å². The Morgan fingerprint density at radius 3 is 2.50 bits per heavy atom. The van der Waals surface area contributed by atoms with E-state index in [1.807, 2.05) is 30.3 Å². The second-order valence-corrected chi connectivity index (χ2v) is 6.12. The van der Waals surface area contributed by atoms with Gasteiger partial charge in [0.15, 0.2) is 0 Å². The van der Waals surface area contributed by atoms with Crippen LogP contribution < -0.4 is 5.32 Å². The smallest absolute Gasteiger partial charge is 0.224 e. The minimum absolute atomic E-state index is 0.0862. The van der Waals surface area contributed by atoms with Gasteiger partial charge in [-0.25, -0.2) is 0 Å². The fourth-order valence-electron chi connectivity index (χ4n) is 2.45. The van der Waals surface area contributed by atoms with E-state index in [0.29, 0.717) is 13.0 Å². The highest BCUT2D eigenvalue weighted by atomic mass is 35.5. The number of hydrogen-bond acceptors (Lipinski definition) is 1. The summed E-state index contributed by atoms with van der Waals surface area (Å²) in [6, 6.07) is 14.1. The van der Waals surface area contributed by atoms with E-state index in [1.165, 1.54) is 16.7 Å². The lowest BCUT2D eigenvalue weighted by Crippen LogP contribution is -2.26. The van der Waals surface area contributed by atoms with E-state index in [0.717, 1.165) is 23.4 Å². The summed E-state index contributed by atoms with van der Waals surface area (Å²) in [5, 5.41) is 3.74. The SMILES string of the molecule is Cc1ccc(CC(=O)NCCCc2ccc(Cl)cc2)c(C)c1. The summed E-state index contributed by atoms with van der Waals surface area (Å²) in [5.41, 5.74) is 4.75. The van der Waals surface area contributed by atoms with Gasteiger partial charge in [0.2, 0.25) is 5.91 Å². The molecule has 2 aromatic carbocycles. The molecule has 0 saturated heterocycles. The first-order valence-corrected chi connectivity index (χ1v) is 7.99. The monoisotopic (exact) mass is 315 g/mol. The van der Waals surface area contributed by atoms with Crippen molar-refractivity contribution < 1.29 is 4.79 Å². The Labute approximate surface area is 137 Å². The molecule has 0 aliphatic rings. The number of aryl methyl sites for hydroxylation is 3. The molecule has 0 aliphatic heterocycles. The Bertz CT molecular complexity index is 634. The maximum atomic E-state index is 12.0. The minimum Gasteiger partial charge on any atom is -0.356 e. The molecule has 1 amide bonds. The fraction of sp³-hybridized carbons (Fsp3) is 0.316. The minimum atomic E-state index is 0.0862. The van der Waals surface area contributed by atoms with Crippen LogP contribution in [0.15, 0.2) is 42.5 Å². The molecule has 0 aliphatic carbocycles. The molecule has 1 N–H and O–H groups in total. The first-order valence-electron chi connectivity index (χ1n) is 7.62. The Balaban J connectivity index is 1.72. The van der Waals surface area contributed by atoms with Gasteiger partial charge in [-0.1, -0.05) is 47.5 Å². The van der Waals surface area contributed by atoms with Gasteiger partial charge in [0.05, 0.1) is 6.42 Å². The lowest BCUT2D eigenvalue weighted by atomic mass is 10.0. The predicted octanol–water partition coefficient (Wildman–Crippen LogP) is 4.25. The number of hydrogen-bond donors (Lipinski definition) is 1. The van der Waals surface area contributed by atoms with Crippen LogP contribution in [-0.4, -0.2) is 12.5 Å². The van der Waals surface area contributed by atoms with Gasteiger partial charge in [0.25, 0.3) is 0 Å². The molecule has 2 aromatic rings. The Kier molecular flexibility index (Phi) is 6.02. The van der Waals surface area contributed by atoms with Crippen LogP contribution >= 0.6 is 11.6 Å². The quantitative estimate of drug-likeness (QED) is 0.793. The third-order valence-corrected chi connectivity index (χ3v) is 3.98. The van der Waals surface area contributed by atoms with Crippen LogP contribution in [-0.2, 0) is 17.6 Å². The fourth-order valence-corrected chi connectivity index (χ4v) is 2.58. The van der Waals surface area contributed by atoms with Crippen molar-refractivity contribution in [3.05, 3.63) is 69.7 Å². The molecule has 0 bridgehead atoms. The predicted molar refractivity (Wildman–Crippen MR) is 92.4 cm³/mol. The molecule has 0 fully saturated rings. The maximum Gasteiger partial charge on any atom is 0.224 e. The van der Waals surface area contributed by atoms with Crippen molar-refractivity contribution in [3.8, 4) is 0 Å². The summed E-state index contributed by atoms with van der Waals surface area (Å²) in [4.78, 5) is 12.0. The molecule has 3 heteroatoms. The van der Waals surface area contributed by atoms with E-state index in [4.69, 9.17) is 11.6 Å². The van der Waals surface area contributed by atoms with Crippen molar-refractivity contribution in [2.75, 3.05) is 6.54 Å². The zero-order valence-electron chi connectivity index (χ0n) is 13.2. The molecular weight excluding hydrogens is 294 g/mol. The number of carbonyl (C=O) groups excluding carboxylic acids is 1. The van der Waals surface area contributed by atoms with Crippen LogP contribution in [0.3, 0.4) is 0 Å². The van der Waals surface area contributed by atoms with Gasteiger partial charge in [-0.05, 0) is 55.5 Å². The van der Waals surface area contributed by atoms with Crippen LogP contribution in [0.25, 0.3) is 0 Å². The van der Waals surface area contributed by atoms with Crippen LogP contribution in [0.1, 0.15) is 28.7 Å². The van der Waals surface area contributed by atoms with Gasteiger partial charge >= 0.3 is 0 Å². The number of halogens is 1. The average molecular weight is 316 g/mol. The standard InChI is InChI=1S/C19H22ClNO/c1-14-5-8-17(15(2)12-14)13-19(22)21-11-3-4-16-6-9-18(20)10-7-16/h5-10,12H,3-4,11,13H2,1-2H3,(H,21,22). The molecule has 0 radical (unpaired) electrons. The molecule has 0 atom stereocenters. The third kappa shape index (κ3) is 5.19. The Morgan fingerprint density at radius 1 is 1.09 bits per heavy atom. The molecule has 0 heterocycles. The number of nitrogens with one attached hydrogen (secondary N) is 1. The second-order valence-electron chi connectivity index (χ2n) is 5.69. The summed E-state index contributed by atoms with van der Waals surface area (Å²) in [6.45, 7) is 4.82. The summed E-state index contributed by atoms with van der Waals surface area (Å²) < 4.78 is 0. The molecule has 2 rings (SSSR count). The van der Waals surface area contributed by atoms with Gasteiger partial charge in [-0.2, -0.15) is 0 Å². The number of amides is 1. The van der Waals surface area contributed by atoms with E-state index in [-0.39, 0.29) is 5.91 Å². The first-order chi connectivity index (χ1) is 10.5. The van der Waals surface area contributed by atoms with Gasteiger partial charge in [-0.3, -0.25) is 4.79 Å². The molecule has 0 saturated carbocycles. The maximum absolute atomic E-state index is 12.0. The molecule has 0 spiro atoms. The molecule has 0 unspecified atom stereocenters. The van der Waals surface area contributed by atoms with Crippen molar-refractivity contribution in [1.29, 1.82) is 0 Å². The van der Waals surface area contributed by atoms with E-state index >= 15 is 0 Å². The van der Waals surface area contributed by atoms with Crippen molar-refractivity contribution in [3.63, 3.8) is 0 Å². The highest BCUT2D eigenvalue weighted by Crippen LogP contribution is 2.12. The Hall–Kier alpha value is -1.80. The van der Waals surface area contributed by atoms with E-state index in [9.17, 15) is 4.79 Å². The summed E-state index contributed by atoms with van der Waals surface area (Å²) in [7, 11) is 0. The largest absolute Gasteiger partial charge is 0.356 e. The van der Waals surface area contributed by atoms with Gasteiger partial charge in [0, 0.05) is 11.6 Å². The molecule has 22 heavy (non-hydrogen) atoms. The van der Waals surface area contributed by atoms with Gasteiger partial charge < -0.3 is 5.32 Å². The van der Waals surface area contributed by atoms with Crippen LogP contribution in [0.2, 0.25) is 5.02 Å². The van der Waals surface area contributed by atoms with E-state index in [1.54, 1.807) is 0 Å². The number of carbonyl (C=O) groups is 1. The average Bonchev–Trinajstić information content (AvgIpc) is 2.48. The molecule has 116 valence electrons. The summed E-state index contributed by atoms with van der Waals surface area (Å²) in [6.07, 6.45) is 2.33.